The maximum atomic E-state index is 12.1. The summed E-state index contributed by atoms with van der Waals surface area (Å²) in [6.45, 7) is -0.243. The van der Waals surface area contributed by atoms with Crippen molar-refractivity contribution in [2.24, 2.45) is 5.10 Å². The molecule has 2 aromatic rings. The van der Waals surface area contributed by atoms with Gasteiger partial charge in [-0.15, -0.1) is 0 Å². The minimum absolute atomic E-state index is 0.00716. The van der Waals surface area contributed by atoms with Gasteiger partial charge in [-0.25, -0.2) is 5.43 Å². The molecule has 3 N–H and O–H groups in total. The monoisotopic (exact) mass is 357 g/mol. The number of ether oxygens (including phenoxy) is 2. The largest absolute Gasteiger partial charge is 0.504 e. The zero-order chi connectivity index (χ0) is 18.9. The highest BCUT2D eigenvalue weighted by Gasteiger charge is 2.12. The van der Waals surface area contributed by atoms with Gasteiger partial charge >= 0.3 is 0 Å². The molecule has 0 aliphatic carbocycles. The molecule has 8 heteroatoms. The average Bonchev–Trinajstić information content (AvgIpc) is 2.67. The normalized spacial score (nSPS) is 10.4. The van der Waals surface area contributed by atoms with E-state index in [9.17, 15) is 14.7 Å². The summed E-state index contributed by atoms with van der Waals surface area (Å²) in [5, 5.41) is 15.8. The number of para-hydroxylation sites is 1. The van der Waals surface area contributed by atoms with E-state index in [1.165, 1.54) is 26.5 Å². The number of rotatable bonds is 7. The molecule has 0 aromatic heterocycles. The van der Waals surface area contributed by atoms with Crippen LogP contribution in [0.2, 0.25) is 0 Å². The first-order valence-corrected chi connectivity index (χ1v) is 7.65. The molecule has 0 unspecified atom stereocenters. The number of carbonyl (C=O) groups is 2. The van der Waals surface area contributed by atoms with E-state index in [-0.39, 0.29) is 12.3 Å². The van der Waals surface area contributed by atoms with Crippen LogP contribution in [-0.2, 0) is 4.79 Å². The van der Waals surface area contributed by atoms with Crippen molar-refractivity contribution in [3.63, 3.8) is 0 Å². The van der Waals surface area contributed by atoms with Crippen molar-refractivity contribution in [3.05, 3.63) is 53.6 Å². The second-order valence-electron chi connectivity index (χ2n) is 5.11. The molecule has 0 fully saturated rings. The quantitative estimate of drug-likeness (QED) is 0.511. The van der Waals surface area contributed by atoms with Gasteiger partial charge in [0.1, 0.15) is 5.75 Å². The number of nitrogens with zero attached hydrogens (tertiary/aromatic N) is 1. The molecule has 0 saturated heterocycles. The zero-order valence-corrected chi connectivity index (χ0v) is 14.4. The van der Waals surface area contributed by atoms with Gasteiger partial charge < -0.3 is 19.9 Å². The van der Waals surface area contributed by atoms with Crippen LogP contribution in [0.15, 0.2) is 47.6 Å². The molecule has 0 atom stereocenters. The van der Waals surface area contributed by atoms with Crippen molar-refractivity contribution in [2.45, 2.75) is 0 Å². The predicted octanol–water partition coefficient (Wildman–Crippen LogP) is 1.29. The molecule has 8 nitrogen and oxygen atoms in total. The van der Waals surface area contributed by atoms with Crippen LogP contribution in [0.1, 0.15) is 15.9 Å². The molecular weight excluding hydrogens is 338 g/mol. The summed E-state index contributed by atoms with van der Waals surface area (Å²) < 4.78 is 10.1. The predicted molar refractivity (Wildman–Crippen MR) is 95.7 cm³/mol. The lowest BCUT2D eigenvalue weighted by Gasteiger charge is -2.08. The molecule has 0 radical (unpaired) electrons. The Kier molecular flexibility index (Phi) is 6.55. The molecule has 0 bridgehead atoms. The Hall–Kier alpha value is -3.55. The highest BCUT2D eigenvalue weighted by atomic mass is 16.5. The van der Waals surface area contributed by atoms with Gasteiger partial charge in [-0.3, -0.25) is 9.59 Å². The molecule has 0 spiro atoms. The second-order valence-corrected chi connectivity index (χ2v) is 5.11. The molecule has 26 heavy (non-hydrogen) atoms. The number of benzene rings is 2. The average molecular weight is 357 g/mol. The number of carbonyl (C=O) groups excluding carboxylic acids is 2. The number of amides is 2. The van der Waals surface area contributed by atoms with Crippen LogP contribution in [0.5, 0.6) is 17.2 Å². The van der Waals surface area contributed by atoms with Gasteiger partial charge in [-0.1, -0.05) is 12.1 Å². The minimum Gasteiger partial charge on any atom is -0.504 e. The molecule has 0 heterocycles. The topological polar surface area (TPSA) is 109 Å². The first-order chi connectivity index (χ1) is 12.5. The van der Waals surface area contributed by atoms with Gasteiger partial charge in [0.15, 0.2) is 11.5 Å². The van der Waals surface area contributed by atoms with Crippen LogP contribution < -0.4 is 20.2 Å². The van der Waals surface area contributed by atoms with Gasteiger partial charge in [-0.05, 0) is 35.9 Å². The van der Waals surface area contributed by atoms with Crippen LogP contribution in [0, 0.1) is 0 Å². The number of methoxy groups -OCH3 is 2. The molecule has 2 amide bonds. The van der Waals surface area contributed by atoms with E-state index < -0.39 is 11.8 Å². The second kappa shape index (κ2) is 9.07. The van der Waals surface area contributed by atoms with E-state index in [2.05, 4.69) is 15.8 Å². The molecule has 2 rings (SSSR count). The third-order valence-corrected chi connectivity index (χ3v) is 3.37. The number of hydrogen-bond acceptors (Lipinski definition) is 6. The lowest BCUT2D eigenvalue weighted by atomic mass is 10.2. The van der Waals surface area contributed by atoms with E-state index in [1.54, 1.807) is 36.4 Å². The van der Waals surface area contributed by atoms with Crippen LogP contribution in [0.25, 0.3) is 0 Å². The molecule has 0 aliphatic heterocycles. The van der Waals surface area contributed by atoms with Crippen LogP contribution in [0.3, 0.4) is 0 Å². The summed E-state index contributed by atoms with van der Waals surface area (Å²) in [4.78, 5) is 23.8. The molecule has 0 saturated carbocycles. The Morgan fingerprint density at radius 3 is 2.58 bits per heavy atom. The minimum atomic E-state index is -0.491. The van der Waals surface area contributed by atoms with E-state index in [1.807, 2.05) is 0 Å². The summed E-state index contributed by atoms with van der Waals surface area (Å²) in [6.07, 6.45) is 1.39. The SMILES string of the molecule is COc1cc(/C=N/NC(=O)CNC(=O)c2ccccc2OC)ccc1O. The lowest BCUT2D eigenvalue weighted by molar-refractivity contribution is -0.120. The van der Waals surface area contributed by atoms with Crippen molar-refractivity contribution in [1.82, 2.24) is 10.7 Å². The van der Waals surface area contributed by atoms with Crippen molar-refractivity contribution < 1.29 is 24.2 Å². The zero-order valence-electron chi connectivity index (χ0n) is 14.4. The Morgan fingerprint density at radius 2 is 1.85 bits per heavy atom. The van der Waals surface area contributed by atoms with Crippen LogP contribution >= 0.6 is 0 Å². The van der Waals surface area contributed by atoms with E-state index >= 15 is 0 Å². The van der Waals surface area contributed by atoms with Crippen LogP contribution in [0.4, 0.5) is 0 Å². The fourth-order valence-corrected chi connectivity index (χ4v) is 2.08. The fraction of sp³-hybridized carbons (Fsp3) is 0.167. The third kappa shape index (κ3) is 4.97. The maximum absolute atomic E-state index is 12.1. The smallest absolute Gasteiger partial charge is 0.259 e. The molecule has 136 valence electrons. The molecular formula is C18H19N3O5. The van der Waals surface area contributed by atoms with Gasteiger partial charge in [0.05, 0.1) is 32.5 Å². The Labute approximate surface area is 150 Å². The Bertz CT molecular complexity index is 820. The van der Waals surface area contributed by atoms with Crippen molar-refractivity contribution in [1.29, 1.82) is 0 Å². The van der Waals surface area contributed by atoms with Crippen molar-refractivity contribution in [2.75, 3.05) is 20.8 Å². The van der Waals surface area contributed by atoms with Crippen molar-refractivity contribution in [3.8, 4) is 17.2 Å². The van der Waals surface area contributed by atoms with Crippen molar-refractivity contribution >= 4 is 18.0 Å². The maximum Gasteiger partial charge on any atom is 0.259 e. The molecule has 0 aliphatic rings. The third-order valence-electron chi connectivity index (χ3n) is 3.37. The van der Waals surface area contributed by atoms with Gasteiger partial charge in [0.2, 0.25) is 0 Å². The first kappa shape index (κ1) is 18.8. The lowest BCUT2D eigenvalue weighted by Crippen LogP contribution is -2.35. The number of aromatic hydroxyl groups is 1. The van der Waals surface area contributed by atoms with Gasteiger partial charge in [0.25, 0.3) is 11.8 Å². The standard InChI is InChI=1S/C18H19N3O5/c1-25-15-6-4-3-5-13(15)18(24)19-11-17(23)21-20-10-12-7-8-14(22)16(9-12)26-2/h3-10,22H,11H2,1-2H3,(H,19,24)(H,21,23)/b20-10+. The summed E-state index contributed by atoms with van der Waals surface area (Å²) in [7, 11) is 2.90. The number of hydrazone groups is 1. The van der Waals surface area contributed by atoms with E-state index in [0.717, 1.165) is 0 Å². The number of phenolic OH excluding ortho intramolecular Hbond substituents is 1. The highest BCUT2D eigenvalue weighted by Crippen LogP contribution is 2.25. The molecule has 2 aromatic carbocycles. The van der Waals surface area contributed by atoms with Gasteiger partial charge in [0, 0.05) is 0 Å². The summed E-state index contributed by atoms with van der Waals surface area (Å²) in [6, 6.07) is 11.3. The number of hydrogen-bond donors (Lipinski definition) is 3. The summed E-state index contributed by atoms with van der Waals surface area (Å²) >= 11 is 0. The fourth-order valence-electron chi connectivity index (χ4n) is 2.08. The number of nitrogens with one attached hydrogen (secondary N) is 2. The summed E-state index contributed by atoms with van der Waals surface area (Å²) in [5.41, 5.74) is 3.26. The number of phenols is 1. The van der Waals surface area contributed by atoms with Crippen LogP contribution in [-0.4, -0.2) is 43.9 Å². The highest BCUT2D eigenvalue weighted by molar-refractivity contribution is 5.98. The Morgan fingerprint density at radius 1 is 1.12 bits per heavy atom. The van der Waals surface area contributed by atoms with E-state index in [4.69, 9.17) is 9.47 Å². The summed E-state index contributed by atoms with van der Waals surface area (Å²) in [5.74, 6) is -0.193. The Balaban J connectivity index is 1.86. The van der Waals surface area contributed by atoms with E-state index in [0.29, 0.717) is 22.6 Å². The van der Waals surface area contributed by atoms with Gasteiger partial charge in [-0.2, -0.15) is 5.10 Å². The first-order valence-electron chi connectivity index (χ1n) is 7.65.